The lowest BCUT2D eigenvalue weighted by molar-refractivity contribution is -0.156. The Kier molecular flexibility index (Phi) is 7.15. The number of esters is 1. The van der Waals surface area contributed by atoms with Gasteiger partial charge in [-0.3, -0.25) is 9.59 Å². The van der Waals surface area contributed by atoms with Gasteiger partial charge in [-0.2, -0.15) is 0 Å². The zero-order chi connectivity index (χ0) is 25.5. The SMILES string of the molecule is CN(C)S(=O)(=O)c1ccc(N2CCCC2)c(C(=O)OCC(=O)N2C(C)(C)CC(=O)CC2(C)C)c1. The average molecular weight is 494 g/mol. The summed E-state index contributed by atoms with van der Waals surface area (Å²) in [5.74, 6) is -1.06. The molecule has 1 aromatic rings. The van der Waals surface area contributed by atoms with Gasteiger partial charge in [0, 0.05) is 51.1 Å². The summed E-state index contributed by atoms with van der Waals surface area (Å²) in [4.78, 5) is 42.1. The summed E-state index contributed by atoms with van der Waals surface area (Å²) in [7, 11) is -0.910. The first kappa shape index (κ1) is 26.2. The van der Waals surface area contributed by atoms with Crippen LogP contribution in [0.4, 0.5) is 5.69 Å². The van der Waals surface area contributed by atoms with Gasteiger partial charge in [0.1, 0.15) is 5.78 Å². The Labute approximate surface area is 202 Å². The number of anilines is 1. The molecule has 0 aromatic heterocycles. The van der Waals surface area contributed by atoms with Crippen molar-refractivity contribution in [3.05, 3.63) is 23.8 Å². The van der Waals surface area contributed by atoms with E-state index in [0.29, 0.717) is 5.69 Å². The second-order valence-electron chi connectivity index (χ2n) is 10.5. The average Bonchev–Trinajstić information content (AvgIpc) is 3.23. The van der Waals surface area contributed by atoms with Gasteiger partial charge in [-0.1, -0.05) is 0 Å². The molecule has 2 fully saturated rings. The van der Waals surface area contributed by atoms with Crippen LogP contribution < -0.4 is 4.90 Å². The largest absolute Gasteiger partial charge is 0.452 e. The molecule has 1 aromatic carbocycles. The Hall–Kier alpha value is -2.46. The standard InChI is InChI=1S/C24H35N3O6S/c1-23(2)14-17(28)15-24(3,4)27(23)21(29)16-33-22(30)19-13-18(34(31,32)25(5)6)9-10-20(19)26-11-7-8-12-26/h9-10,13H,7-8,11-12,14-16H2,1-6H3. The van der Waals surface area contributed by atoms with Crippen molar-refractivity contribution >= 4 is 33.4 Å². The summed E-state index contributed by atoms with van der Waals surface area (Å²) < 4.78 is 31.8. The molecule has 0 atom stereocenters. The number of sulfonamides is 1. The maximum atomic E-state index is 13.2. The molecular weight excluding hydrogens is 458 g/mol. The van der Waals surface area contributed by atoms with E-state index < -0.39 is 39.6 Å². The first-order valence-electron chi connectivity index (χ1n) is 11.5. The molecule has 2 saturated heterocycles. The molecular formula is C24H35N3O6S. The van der Waals surface area contributed by atoms with Crippen LogP contribution in [-0.2, 0) is 24.3 Å². The number of Topliss-reactive ketones (excluding diaryl/α,β-unsaturated/α-hetero) is 1. The second-order valence-corrected chi connectivity index (χ2v) is 12.6. The van der Waals surface area contributed by atoms with E-state index in [2.05, 4.69) is 0 Å². The molecule has 0 saturated carbocycles. The van der Waals surface area contributed by atoms with E-state index in [1.165, 1.54) is 26.2 Å². The van der Waals surface area contributed by atoms with Crippen molar-refractivity contribution in [1.82, 2.24) is 9.21 Å². The van der Waals surface area contributed by atoms with E-state index >= 15 is 0 Å². The van der Waals surface area contributed by atoms with Crippen LogP contribution in [0, 0.1) is 0 Å². The van der Waals surface area contributed by atoms with Crippen LogP contribution in [0.15, 0.2) is 23.1 Å². The van der Waals surface area contributed by atoms with E-state index in [9.17, 15) is 22.8 Å². The van der Waals surface area contributed by atoms with E-state index in [-0.39, 0.29) is 29.1 Å². The van der Waals surface area contributed by atoms with Gasteiger partial charge in [-0.15, -0.1) is 0 Å². The van der Waals surface area contributed by atoms with Crippen molar-refractivity contribution in [2.24, 2.45) is 0 Å². The smallest absolute Gasteiger partial charge is 0.340 e. The van der Waals surface area contributed by atoms with E-state index in [1.54, 1.807) is 11.0 Å². The maximum absolute atomic E-state index is 13.2. The number of piperidine rings is 1. The number of amides is 1. The molecule has 188 valence electrons. The highest BCUT2D eigenvalue weighted by atomic mass is 32.2. The summed E-state index contributed by atoms with van der Waals surface area (Å²) in [6, 6.07) is 4.44. The fourth-order valence-corrected chi connectivity index (χ4v) is 6.16. The van der Waals surface area contributed by atoms with Crippen molar-refractivity contribution in [3.8, 4) is 0 Å². The molecule has 10 heteroatoms. The minimum Gasteiger partial charge on any atom is -0.452 e. The number of rotatable bonds is 6. The monoisotopic (exact) mass is 493 g/mol. The van der Waals surface area contributed by atoms with Crippen molar-refractivity contribution in [2.75, 3.05) is 38.7 Å². The maximum Gasteiger partial charge on any atom is 0.340 e. The van der Waals surface area contributed by atoms with Gasteiger partial charge in [0.2, 0.25) is 10.0 Å². The zero-order valence-electron chi connectivity index (χ0n) is 20.9. The number of hydrogen-bond acceptors (Lipinski definition) is 7. The first-order valence-corrected chi connectivity index (χ1v) is 12.9. The Balaban J connectivity index is 1.87. The molecule has 0 spiro atoms. The van der Waals surface area contributed by atoms with Crippen LogP contribution in [0.3, 0.4) is 0 Å². The van der Waals surface area contributed by atoms with Gasteiger partial charge in [0.15, 0.2) is 6.61 Å². The van der Waals surface area contributed by atoms with E-state index in [1.807, 2.05) is 32.6 Å². The number of benzene rings is 1. The van der Waals surface area contributed by atoms with Crippen LogP contribution in [0.1, 0.15) is 63.7 Å². The minimum atomic E-state index is -3.76. The normalized spacial score (nSPS) is 20.0. The third kappa shape index (κ3) is 5.12. The lowest BCUT2D eigenvalue weighted by Crippen LogP contribution is -2.63. The van der Waals surface area contributed by atoms with Crippen LogP contribution in [-0.4, -0.2) is 80.2 Å². The summed E-state index contributed by atoms with van der Waals surface area (Å²) in [6.45, 7) is 8.31. The summed E-state index contributed by atoms with van der Waals surface area (Å²) in [5, 5.41) is 0. The Morgan fingerprint density at radius 2 is 1.59 bits per heavy atom. The molecule has 34 heavy (non-hydrogen) atoms. The number of hydrogen-bond donors (Lipinski definition) is 0. The molecule has 0 bridgehead atoms. The molecule has 2 aliphatic rings. The Morgan fingerprint density at radius 3 is 2.12 bits per heavy atom. The first-order chi connectivity index (χ1) is 15.7. The van der Waals surface area contributed by atoms with Gasteiger partial charge in [0.05, 0.1) is 16.1 Å². The van der Waals surface area contributed by atoms with Crippen molar-refractivity contribution < 1.29 is 27.5 Å². The van der Waals surface area contributed by atoms with Crippen molar-refractivity contribution in [1.29, 1.82) is 0 Å². The third-order valence-corrected chi connectivity index (χ3v) is 8.27. The summed E-state index contributed by atoms with van der Waals surface area (Å²) in [5.41, 5.74) is -0.701. The highest BCUT2D eigenvalue weighted by Gasteiger charge is 2.47. The number of nitrogens with zero attached hydrogens (tertiary/aromatic N) is 3. The van der Waals surface area contributed by atoms with Crippen molar-refractivity contribution in [3.63, 3.8) is 0 Å². The predicted octanol–water partition coefficient (Wildman–Crippen LogP) is 2.44. The number of likely N-dealkylation sites (tertiary alicyclic amines) is 1. The fourth-order valence-electron chi connectivity index (χ4n) is 5.23. The summed E-state index contributed by atoms with van der Waals surface area (Å²) in [6.07, 6.45) is 2.42. The second kappa shape index (κ2) is 9.30. The quantitative estimate of drug-likeness (QED) is 0.561. The number of ether oxygens (including phenoxy) is 1. The number of carbonyl (C=O) groups is 3. The minimum absolute atomic E-state index is 0.0180. The highest BCUT2D eigenvalue weighted by Crippen LogP contribution is 2.37. The van der Waals surface area contributed by atoms with Gasteiger partial charge in [0.25, 0.3) is 5.91 Å². The zero-order valence-corrected chi connectivity index (χ0v) is 21.7. The molecule has 0 aliphatic carbocycles. The van der Waals surface area contributed by atoms with Crippen molar-refractivity contribution in [2.45, 2.75) is 69.4 Å². The molecule has 1 amide bonds. The lowest BCUT2D eigenvalue weighted by Gasteiger charge is -2.52. The molecule has 0 radical (unpaired) electrons. The van der Waals surface area contributed by atoms with E-state index in [4.69, 9.17) is 4.74 Å². The Bertz CT molecular complexity index is 1070. The molecule has 9 nitrogen and oxygen atoms in total. The van der Waals surface area contributed by atoms with Gasteiger partial charge in [-0.05, 0) is 58.7 Å². The van der Waals surface area contributed by atoms with Gasteiger partial charge in [-0.25, -0.2) is 17.5 Å². The van der Waals surface area contributed by atoms with Gasteiger partial charge >= 0.3 is 5.97 Å². The fraction of sp³-hybridized carbons (Fsp3) is 0.625. The number of ketones is 1. The molecule has 0 unspecified atom stereocenters. The van der Waals surface area contributed by atoms with Gasteiger partial charge < -0.3 is 14.5 Å². The molecule has 2 aliphatic heterocycles. The van der Waals surface area contributed by atoms with Crippen LogP contribution >= 0.6 is 0 Å². The topological polar surface area (TPSA) is 104 Å². The molecule has 2 heterocycles. The third-order valence-electron chi connectivity index (χ3n) is 6.46. The Morgan fingerprint density at radius 1 is 1.03 bits per heavy atom. The molecule has 3 rings (SSSR count). The lowest BCUT2D eigenvalue weighted by atomic mass is 9.79. The van der Waals surface area contributed by atoms with Crippen LogP contribution in [0.5, 0.6) is 0 Å². The summed E-state index contributed by atoms with van der Waals surface area (Å²) >= 11 is 0. The van der Waals surface area contributed by atoms with Crippen LogP contribution in [0.2, 0.25) is 0 Å². The molecule has 0 N–H and O–H groups in total. The van der Waals surface area contributed by atoms with Crippen LogP contribution in [0.25, 0.3) is 0 Å². The van der Waals surface area contributed by atoms with E-state index in [0.717, 1.165) is 30.2 Å². The highest BCUT2D eigenvalue weighted by molar-refractivity contribution is 7.89. The number of carbonyl (C=O) groups excluding carboxylic acids is 3. The predicted molar refractivity (Wildman–Crippen MR) is 128 cm³/mol.